The van der Waals surface area contributed by atoms with Crippen molar-refractivity contribution in [2.45, 2.75) is 0 Å². The summed E-state index contributed by atoms with van der Waals surface area (Å²) in [6, 6.07) is 22.3. The summed E-state index contributed by atoms with van der Waals surface area (Å²) >= 11 is 0. The average Bonchev–Trinajstić information content (AvgIpc) is 2.81. The van der Waals surface area contributed by atoms with Crippen molar-refractivity contribution in [3.8, 4) is 12.3 Å². The van der Waals surface area contributed by atoms with Gasteiger partial charge in [-0.2, -0.15) is 0 Å². The quantitative estimate of drug-likeness (QED) is 0.342. The van der Waals surface area contributed by atoms with E-state index in [4.69, 9.17) is 6.42 Å². The van der Waals surface area contributed by atoms with Crippen LogP contribution in [0.3, 0.4) is 0 Å². The first-order valence-corrected chi connectivity index (χ1v) is 3.12. The molecule has 0 amide bonds. The summed E-state index contributed by atoms with van der Waals surface area (Å²) < 4.78 is 0. The molecular formula is C12H2Fe-10. The van der Waals surface area contributed by atoms with Gasteiger partial charge in [-0.15, -0.1) is 0 Å². The average molecular weight is 202 g/mol. The second-order valence-electron chi connectivity index (χ2n) is 1.70. The minimum Gasteiger partial charge on any atom is -0.999 e. The van der Waals surface area contributed by atoms with Crippen LogP contribution in [0, 0.1) is 60.9 Å². The molecule has 68 valence electrons. The Balaban J connectivity index is 0.000000215. The Labute approximate surface area is 89.8 Å². The molecule has 0 N–H and O–H groups in total. The van der Waals surface area contributed by atoms with Crippen LogP contribution >= 0.6 is 0 Å². The molecule has 0 atom stereocenters. The largest absolute Gasteiger partial charge is 0.999 e. The Hall–Kier alpha value is -1.22. The SMILES string of the molecule is C#C[c-]1[c-][c-][c-][c-]1.[Fe].[c-]1[c-][c-][cH-][c-]1. The van der Waals surface area contributed by atoms with Crippen LogP contribution in [0.25, 0.3) is 0 Å². The van der Waals surface area contributed by atoms with E-state index in [-0.39, 0.29) is 17.1 Å². The van der Waals surface area contributed by atoms with Crippen molar-refractivity contribution in [1.82, 2.24) is 0 Å². The Morgan fingerprint density at radius 1 is 1.00 bits per heavy atom. The molecule has 0 unspecified atom stereocenters. The molecule has 0 aliphatic heterocycles. The third kappa shape index (κ3) is 5.09. The van der Waals surface area contributed by atoms with Gasteiger partial charge in [-0.05, 0) is 0 Å². The molecule has 0 aliphatic rings. The third-order valence-corrected chi connectivity index (χ3v) is 0.933. The summed E-state index contributed by atoms with van der Waals surface area (Å²) in [5, 5.41) is 0. The van der Waals surface area contributed by atoms with Crippen LogP contribution in [-0.2, 0) is 17.1 Å². The van der Waals surface area contributed by atoms with Gasteiger partial charge >= 0.3 is 0 Å². The van der Waals surface area contributed by atoms with E-state index < -0.39 is 0 Å². The predicted molar refractivity (Wildman–Crippen MR) is 42.7 cm³/mol. The fourth-order valence-electron chi connectivity index (χ4n) is 0.471. The van der Waals surface area contributed by atoms with E-state index in [2.05, 4.69) is 54.5 Å². The van der Waals surface area contributed by atoms with Gasteiger partial charge in [-0.3, -0.25) is 0 Å². The van der Waals surface area contributed by atoms with Gasteiger partial charge in [-0.25, -0.2) is 0 Å². The first kappa shape index (κ1) is 11.8. The Kier molecular flexibility index (Phi) is 6.73. The summed E-state index contributed by atoms with van der Waals surface area (Å²) in [6.07, 6.45) is 4.94. The van der Waals surface area contributed by atoms with Crippen molar-refractivity contribution < 1.29 is 17.1 Å². The smallest absolute Gasteiger partial charge is 0 e. The molecule has 0 heterocycles. The zero-order valence-electron chi connectivity index (χ0n) is 6.51. The molecule has 0 spiro atoms. The number of hydrogen-bond acceptors (Lipinski definition) is 0. The summed E-state index contributed by atoms with van der Waals surface area (Å²) in [5.74, 6) is 2.33. The topological polar surface area (TPSA) is 0 Å². The Morgan fingerprint density at radius 3 is 1.77 bits per heavy atom. The van der Waals surface area contributed by atoms with E-state index >= 15 is 0 Å². The minimum absolute atomic E-state index is 0. The summed E-state index contributed by atoms with van der Waals surface area (Å²) in [5.41, 5.74) is 0.597. The van der Waals surface area contributed by atoms with Gasteiger partial charge in [0.05, 0.1) is 0 Å². The van der Waals surface area contributed by atoms with Crippen molar-refractivity contribution in [3.05, 3.63) is 60.2 Å². The molecule has 0 saturated carbocycles. The Bertz CT molecular complexity index is 291. The molecule has 2 aromatic rings. The number of hydrogen-bond donors (Lipinski definition) is 0. The van der Waals surface area contributed by atoms with Crippen molar-refractivity contribution in [2.75, 3.05) is 0 Å². The van der Waals surface area contributed by atoms with Crippen LogP contribution in [0.15, 0.2) is 6.07 Å². The molecule has 0 radical (unpaired) electrons. The fraction of sp³-hybridized carbons (Fsp3) is 0. The maximum atomic E-state index is 4.94. The van der Waals surface area contributed by atoms with Crippen LogP contribution in [-0.4, -0.2) is 0 Å². The van der Waals surface area contributed by atoms with Gasteiger partial charge in [0.1, 0.15) is 0 Å². The predicted octanol–water partition coefficient (Wildman–Crippen LogP) is 1.19. The molecule has 0 nitrogen and oxygen atoms in total. The summed E-state index contributed by atoms with van der Waals surface area (Å²) in [4.78, 5) is 0. The molecule has 0 bridgehead atoms. The van der Waals surface area contributed by atoms with Gasteiger partial charge in [0.15, 0.2) is 0 Å². The standard InChI is InChI=1S/C7H.C5H.Fe/c1-2-7-5-3-4-6-7;1-2-4-5-3-1;/h1H;1H;/q2*-5;. The van der Waals surface area contributed by atoms with Crippen LogP contribution in [0.5, 0.6) is 0 Å². The third-order valence-electron chi connectivity index (χ3n) is 0.933. The number of terminal acetylenes is 1. The normalized spacial score (nSPS) is 7.31. The van der Waals surface area contributed by atoms with Crippen molar-refractivity contribution >= 4 is 0 Å². The van der Waals surface area contributed by atoms with E-state index in [9.17, 15) is 0 Å². The fourth-order valence-corrected chi connectivity index (χ4v) is 0.471. The zero-order valence-corrected chi connectivity index (χ0v) is 7.61. The molecular weight excluding hydrogens is 200 g/mol. The molecule has 2 aromatic carbocycles. The second kappa shape index (κ2) is 7.43. The van der Waals surface area contributed by atoms with Crippen molar-refractivity contribution in [2.24, 2.45) is 0 Å². The maximum absolute atomic E-state index is 4.94. The van der Waals surface area contributed by atoms with E-state index in [1.54, 1.807) is 6.07 Å². The maximum Gasteiger partial charge on any atom is 0 e. The summed E-state index contributed by atoms with van der Waals surface area (Å²) in [7, 11) is 0. The van der Waals surface area contributed by atoms with Gasteiger partial charge in [-0.1, -0.05) is 0 Å². The van der Waals surface area contributed by atoms with E-state index in [1.807, 2.05) is 0 Å². The van der Waals surface area contributed by atoms with E-state index in [1.165, 1.54) is 0 Å². The van der Waals surface area contributed by atoms with Gasteiger partial charge in [0.25, 0.3) is 0 Å². The van der Waals surface area contributed by atoms with Crippen LogP contribution in [0.2, 0.25) is 0 Å². The molecule has 0 aliphatic carbocycles. The molecule has 0 fully saturated rings. The molecule has 0 saturated heterocycles. The van der Waals surface area contributed by atoms with Crippen LogP contribution < -0.4 is 0 Å². The molecule has 13 heavy (non-hydrogen) atoms. The molecule has 1 heteroatoms. The monoisotopic (exact) mass is 202 g/mol. The minimum atomic E-state index is 0. The van der Waals surface area contributed by atoms with Gasteiger partial charge in [0, 0.05) is 17.1 Å². The van der Waals surface area contributed by atoms with Gasteiger partial charge < -0.3 is 72.5 Å². The zero-order chi connectivity index (χ0) is 8.65. The Morgan fingerprint density at radius 2 is 1.54 bits per heavy atom. The molecule has 2 rings (SSSR count). The van der Waals surface area contributed by atoms with E-state index in [0.717, 1.165) is 0 Å². The van der Waals surface area contributed by atoms with Gasteiger partial charge in [0.2, 0.25) is 0 Å². The second-order valence-corrected chi connectivity index (χ2v) is 1.70. The number of rotatable bonds is 0. The van der Waals surface area contributed by atoms with Crippen molar-refractivity contribution in [1.29, 1.82) is 0 Å². The first-order valence-electron chi connectivity index (χ1n) is 3.12. The first-order chi connectivity index (χ1) is 5.93. The molecule has 0 aromatic heterocycles. The van der Waals surface area contributed by atoms with Crippen LogP contribution in [0.1, 0.15) is 5.56 Å². The summed E-state index contributed by atoms with van der Waals surface area (Å²) in [6.45, 7) is 0. The van der Waals surface area contributed by atoms with E-state index in [0.29, 0.717) is 5.56 Å². The van der Waals surface area contributed by atoms with Crippen molar-refractivity contribution in [3.63, 3.8) is 0 Å². The van der Waals surface area contributed by atoms with Crippen LogP contribution in [0.4, 0.5) is 0 Å².